The number of hydrazine groups is 1. The van der Waals surface area contributed by atoms with E-state index < -0.39 is 17.7 Å². The predicted octanol–water partition coefficient (Wildman–Crippen LogP) is 5.84. The number of imidazole rings is 1. The van der Waals surface area contributed by atoms with Crippen LogP contribution in [0.3, 0.4) is 0 Å². The molecule has 3 aromatic carbocycles. The Balaban J connectivity index is 1.51. The van der Waals surface area contributed by atoms with Gasteiger partial charge in [0.15, 0.2) is 5.82 Å². The SMILES string of the molecule is NC(C(=O)N1CCn2c(nc(-c3ccc(F)cc3)c2N(N)c2ccc(Cl)c(F)c2)C1)c1ccc(Cl)c(Cl)c1. The van der Waals surface area contributed by atoms with Crippen molar-refractivity contribution in [1.82, 2.24) is 14.5 Å². The maximum atomic E-state index is 14.2. The Morgan fingerprint density at radius 1 is 0.947 bits per heavy atom. The number of carbonyl (C=O) groups is 1. The van der Waals surface area contributed by atoms with Crippen LogP contribution in [0.25, 0.3) is 11.3 Å². The zero-order valence-corrected chi connectivity index (χ0v) is 22.0. The summed E-state index contributed by atoms with van der Waals surface area (Å²) in [6, 6.07) is 13.8. The van der Waals surface area contributed by atoms with E-state index in [1.54, 1.807) is 41.3 Å². The Morgan fingerprint density at radius 2 is 1.66 bits per heavy atom. The number of rotatable bonds is 5. The maximum absolute atomic E-state index is 14.2. The third-order valence-corrected chi connectivity index (χ3v) is 7.40. The van der Waals surface area contributed by atoms with Crippen LogP contribution in [-0.4, -0.2) is 26.9 Å². The predicted molar refractivity (Wildman–Crippen MR) is 144 cm³/mol. The van der Waals surface area contributed by atoms with Gasteiger partial charge in [-0.15, -0.1) is 0 Å². The fraction of sp³-hybridized carbons (Fsp3) is 0.154. The number of anilines is 2. The van der Waals surface area contributed by atoms with Crippen LogP contribution >= 0.6 is 34.8 Å². The second-order valence-electron chi connectivity index (χ2n) is 8.74. The summed E-state index contributed by atoms with van der Waals surface area (Å²) in [6.45, 7) is 0.795. The van der Waals surface area contributed by atoms with Crippen LogP contribution in [0.4, 0.5) is 20.3 Å². The largest absolute Gasteiger partial charge is 0.332 e. The van der Waals surface area contributed by atoms with Gasteiger partial charge in [-0.3, -0.25) is 9.80 Å². The van der Waals surface area contributed by atoms with Crippen LogP contribution in [0.5, 0.6) is 0 Å². The van der Waals surface area contributed by atoms with Gasteiger partial charge in [0.05, 0.1) is 27.3 Å². The fourth-order valence-corrected chi connectivity index (χ4v) is 4.78. The number of carbonyl (C=O) groups excluding carboxylic acids is 1. The Labute approximate surface area is 232 Å². The molecular formula is C26H21Cl3F2N6O. The van der Waals surface area contributed by atoms with Crippen LogP contribution in [-0.2, 0) is 17.9 Å². The summed E-state index contributed by atoms with van der Waals surface area (Å²) >= 11 is 17.9. The Bertz CT molecular complexity index is 1530. The molecule has 0 saturated heterocycles. The lowest BCUT2D eigenvalue weighted by Crippen LogP contribution is -2.43. The molecule has 0 spiro atoms. The lowest BCUT2D eigenvalue weighted by Gasteiger charge is -2.31. The van der Waals surface area contributed by atoms with Crippen molar-refractivity contribution in [3.8, 4) is 11.3 Å². The second-order valence-corrected chi connectivity index (χ2v) is 9.96. The maximum Gasteiger partial charge on any atom is 0.244 e. The average Bonchev–Trinajstić information content (AvgIpc) is 3.29. The Kier molecular flexibility index (Phi) is 7.30. The van der Waals surface area contributed by atoms with Crippen LogP contribution in [0.2, 0.25) is 15.1 Å². The van der Waals surface area contributed by atoms with Gasteiger partial charge in [0.1, 0.15) is 29.2 Å². The number of aromatic nitrogens is 2. The van der Waals surface area contributed by atoms with Gasteiger partial charge in [-0.25, -0.2) is 19.6 Å². The summed E-state index contributed by atoms with van der Waals surface area (Å²) < 4.78 is 29.7. The molecule has 38 heavy (non-hydrogen) atoms. The number of nitrogens with zero attached hydrogens (tertiary/aromatic N) is 4. The monoisotopic (exact) mass is 576 g/mol. The molecule has 0 fully saturated rings. The van der Waals surface area contributed by atoms with Gasteiger partial charge >= 0.3 is 0 Å². The topological polar surface area (TPSA) is 93.4 Å². The molecule has 1 unspecified atom stereocenters. The Morgan fingerprint density at radius 3 is 2.34 bits per heavy atom. The molecule has 1 aliphatic rings. The highest BCUT2D eigenvalue weighted by atomic mass is 35.5. The van der Waals surface area contributed by atoms with Crippen molar-refractivity contribution in [3.63, 3.8) is 0 Å². The third kappa shape index (κ3) is 4.95. The molecule has 7 nitrogen and oxygen atoms in total. The fourth-order valence-electron chi connectivity index (χ4n) is 4.35. The van der Waals surface area contributed by atoms with Gasteiger partial charge in [0.2, 0.25) is 5.91 Å². The zero-order valence-electron chi connectivity index (χ0n) is 19.7. The van der Waals surface area contributed by atoms with Gasteiger partial charge < -0.3 is 15.2 Å². The summed E-state index contributed by atoms with van der Waals surface area (Å²) in [7, 11) is 0. The number of nitrogens with two attached hydrogens (primary N) is 2. The minimum absolute atomic E-state index is 0.0383. The Hall–Kier alpha value is -3.21. The molecule has 1 aliphatic heterocycles. The number of halogens is 5. The normalized spacial score (nSPS) is 13.8. The van der Waals surface area contributed by atoms with Gasteiger partial charge in [-0.1, -0.05) is 40.9 Å². The highest BCUT2D eigenvalue weighted by molar-refractivity contribution is 6.42. The minimum Gasteiger partial charge on any atom is -0.332 e. The summed E-state index contributed by atoms with van der Waals surface area (Å²) in [4.78, 5) is 19.6. The van der Waals surface area contributed by atoms with E-state index in [2.05, 4.69) is 0 Å². The lowest BCUT2D eigenvalue weighted by atomic mass is 10.1. The summed E-state index contributed by atoms with van der Waals surface area (Å²) in [5.41, 5.74) is 8.17. The average molecular weight is 578 g/mol. The van der Waals surface area contributed by atoms with Crippen LogP contribution in [0.1, 0.15) is 17.4 Å². The van der Waals surface area contributed by atoms with E-state index in [0.717, 1.165) is 0 Å². The molecule has 1 atom stereocenters. The number of benzene rings is 3. The van der Waals surface area contributed by atoms with E-state index in [9.17, 15) is 13.6 Å². The van der Waals surface area contributed by atoms with E-state index in [1.807, 2.05) is 4.57 Å². The quantitative estimate of drug-likeness (QED) is 0.230. The number of amides is 1. The smallest absolute Gasteiger partial charge is 0.244 e. The molecule has 5 rings (SSSR count). The van der Waals surface area contributed by atoms with E-state index in [-0.39, 0.29) is 17.5 Å². The number of hydrogen-bond donors (Lipinski definition) is 2. The van der Waals surface area contributed by atoms with E-state index in [4.69, 9.17) is 51.4 Å². The van der Waals surface area contributed by atoms with Crippen molar-refractivity contribution in [2.75, 3.05) is 11.6 Å². The van der Waals surface area contributed by atoms with Crippen molar-refractivity contribution in [2.45, 2.75) is 19.1 Å². The standard InChI is InChI=1S/C26H21Cl3F2N6O/c27-18-7-3-15(11-20(18)29)23(32)26(38)35-9-10-36-22(13-35)34-24(14-1-4-16(30)5-2-14)25(36)37(33)17-6-8-19(28)21(31)12-17/h1-8,11-12,23H,9-10,13,32-33H2. The summed E-state index contributed by atoms with van der Waals surface area (Å²) in [5, 5.41) is 1.93. The first kappa shape index (κ1) is 26.4. The molecule has 196 valence electrons. The highest BCUT2D eigenvalue weighted by Gasteiger charge is 2.31. The van der Waals surface area contributed by atoms with Crippen LogP contribution in [0, 0.1) is 11.6 Å². The van der Waals surface area contributed by atoms with Gasteiger partial charge in [0.25, 0.3) is 0 Å². The lowest BCUT2D eigenvalue weighted by molar-refractivity contribution is -0.134. The molecule has 12 heteroatoms. The highest BCUT2D eigenvalue weighted by Crippen LogP contribution is 2.37. The van der Waals surface area contributed by atoms with E-state index in [1.165, 1.54) is 29.3 Å². The van der Waals surface area contributed by atoms with Crippen molar-refractivity contribution in [3.05, 3.63) is 98.8 Å². The zero-order chi connectivity index (χ0) is 27.1. The first-order chi connectivity index (χ1) is 18.1. The molecule has 0 radical (unpaired) electrons. The van der Waals surface area contributed by atoms with Gasteiger partial charge in [0, 0.05) is 24.7 Å². The van der Waals surface area contributed by atoms with Crippen LogP contribution in [0.15, 0.2) is 60.7 Å². The molecular weight excluding hydrogens is 557 g/mol. The molecule has 1 aromatic heterocycles. The second kappa shape index (κ2) is 10.5. The molecule has 4 aromatic rings. The molecule has 0 bridgehead atoms. The molecule has 1 amide bonds. The van der Waals surface area contributed by atoms with E-state index in [0.29, 0.717) is 57.3 Å². The van der Waals surface area contributed by atoms with Gasteiger partial charge in [-0.05, 0) is 54.1 Å². The van der Waals surface area contributed by atoms with Crippen molar-refractivity contribution in [1.29, 1.82) is 0 Å². The molecule has 4 N–H and O–H groups in total. The van der Waals surface area contributed by atoms with E-state index >= 15 is 0 Å². The molecule has 2 heterocycles. The molecule has 0 aliphatic carbocycles. The van der Waals surface area contributed by atoms with Crippen molar-refractivity contribution >= 4 is 52.2 Å². The van der Waals surface area contributed by atoms with Crippen molar-refractivity contribution < 1.29 is 13.6 Å². The van der Waals surface area contributed by atoms with Crippen LogP contribution < -0.4 is 16.6 Å². The van der Waals surface area contributed by atoms with Gasteiger partial charge in [-0.2, -0.15) is 0 Å². The first-order valence-corrected chi connectivity index (χ1v) is 12.6. The molecule has 0 saturated carbocycles. The summed E-state index contributed by atoms with van der Waals surface area (Å²) in [5.74, 6) is 6.12. The first-order valence-electron chi connectivity index (χ1n) is 11.5. The van der Waals surface area contributed by atoms with Crippen molar-refractivity contribution in [2.24, 2.45) is 11.6 Å². The minimum atomic E-state index is -0.953. The number of fused-ring (bicyclic) bond motifs is 1. The third-order valence-electron chi connectivity index (χ3n) is 6.35. The number of hydrogen-bond acceptors (Lipinski definition) is 5. The summed E-state index contributed by atoms with van der Waals surface area (Å²) in [6.07, 6.45) is 0.